The average Bonchev–Trinajstić information content (AvgIpc) is 2.35. The zero-order valence-electron chi connectivity index (χ0n) is 6.78. The van der Waals surface area contributed by atoms with Crippen molar-refractivity contribution in [1.82, 2.24) is 4.98 Å². The number of aromatic nitrogens is 1. The smallest absolute Gasteiger partial charge is 0.183 e. The Morgan fingerprint density at radius 2 is 2.50 bits per heavy atom. The summed E-state index contributed by atoms with van der Waals surface area (Å²) in [5.41, 5.74) is 0. The van der Waals surface area contributed by atoms with Crippen LogP contribution < -0.4 is 0 Å². The van der Waals surface area contributed by atoms with Crippen molar-refractivity contribution in [1.29, 1.82) is 0 Å². The molecule has 0 N–H and O–H groups in total. The number of nitrogens with zero attached hydrogens (tertiary/aromatic N) is 2. The number of halogens is 1. The summed E-state index contributed by atoms with van der Waals surface area (Å²) in [5.74, 6) is 0.438. The zero-order chi connectivity index (χ0) is 9.19. The first-order chi connectivity index (χ1) is 5.53. The molecule has 1 aromatic rings. The maximum atomic E-state index is 11.5. The topological polar surface area (TPSA) is 42.3 Å². The maximum absolute atomic E-state index is 11.5. The number of rotatable bonds is 2. The van der Waals surface area contributed by atoms with Gasteiger partial charge in [0.1, 0.15) is 0 Å². The number of hydrogen-bond acceptors (Lipinski definition) is 4. The summed E-state index contributed by atoms with van der Waals surface area (Å²) in [5, 5.41) is 0. The molecule has 1 heterocycles. The summed E-state index contributed by atoms with van der Waals surface area (Å²) in [7, 11) is -0.512. The molecule has 0 amide bonds. The van der Waals surface area contributed by atoms with Crippen molar-refractivity contribution in [2.75, 3.05) is 13.3 Å². The Kier molecular flexibility index (Phi) is 3.09. The van der Waals surface area contributed by atoms with Crippen LogP contribution in [0.5, 0.6) is 0 Å². The second-order valence-corrected chi connectivity index (χ2v) is 6.64. The minimum absolute atomic E-state index is 0.438. The van der Waals surface area contributed by atoms with Crippen LogP contribution in [0.15, 0.2) is 10.6 Å². The summed E-state index contributed by atoms with van der Waals surface area (Å²) >= 11 is 6.96. The largest absolute Gasteiger partial charge is 0.250 e. The van der Waals surface area contributed by atoms with Gasteiger partial charge in [-0.1, -0.05) is 11.6 Å². The molecular formula is C6H9ClN2OS2. The Morgan fingerprint density at radius 3 is 2.92 bits per heavy atom. The average molecular weight is 225 g/mol. The van der Waals surface area contributed by atoms with Gasteiger partial charge in [0.2, 0.25) is 0 Å². The van der Waals surface area contributed by atoms with E-state index < -0.39 is 9.73 Å². The van der Waals surface area contributed by atoms with E-state index in [0.29, 0.717) is 10.2 Å². The molecule has 0 saturated carbocycles. The number of thiazole rings is 1. The third-order valence-electron chi connectivity index (χ3n) is 1.32. The van der Waals surface area contributed by atoms with Gasteiger partial charge in [0.05, 0.1) is 5.75 Å². The Hall–Kier alpha value is -0.130. The fraction of sp³-hybridized carbons (Fsp3) is 0.500. The normalized spacial score (nSPS) is 15.6. The first-order valence-electron chi connectivity index (χ1n) is 3.21. The fourth-order valence-electron chi connectivity index (χ4n) is 0.679. The SMILES string of the molecule is CN=S(C)(=O)Cc1cnc(Cl)s1. The van der Waals surface area contributed by atoms with Crippen molar-refractivity contribution in [3.8, 4) is 0 Å². The lowest BCUT2D eigenvalue weighted by Crippen LogP contribution is -1.98. The van der Waals surface area contributed by atoms with Gasteiger partial charge in [-0.3, -0.25) is 0 Å². The molecule has 0 aromatic carbocycles. The summed E-state index contributed by atoms with van der Waals surface area (Å²) < 4.78 is 15.8. The lowest BCUT2D eigenvalue weighted by atomic mass is 10.6. The third kappa shape index (κ3) is 2.73. The van der Waals surface area contributed by atoms with E-state index in [2.05, 4.69) is 9.35 Å². The maximum Gasteiger partial charge on any atom is 0.183 e. The number of hydrogen-bond donors (Lipinski definition) is 0. The standard InChI is InChI=1S/C6H9ClN2OS2/c1-8-12(2,10)4-5-3-9-6(7)11-5/h3H,4H2,1-2H3. The van der Waals surface area contributed by atoms with Gasteiger partial charge in [0.25, 0.3) is 0 Å². The highest BCUT2D eigenvalue weighted by Gasteiger charge is 2.05. The van der Waals surface area contributed by atoms with E-state index in [4.69, 9.17) is 11.6 Å². The molecule has 1 aromatic heterocycles. The van der Waals surface area contributed by atoms with E-state index in [1.54, 1.807) is 19.5 Å². The predicted molar refractivity (Wildman–Crippen MR) is 53.2 cm³/mol. The van der Waals surface area contributed by atoms with Gasteiger partial charge in [0.15, 0.2) is 4.47 Å². The molecule has 0 aliphatic rings. The summed E-state index contributed by atoms with van der Waals surface area (Å²) in [6.45, 7) is 0. The Bertz CT molecular complexity index is 379. The van der Waals surface area contributed by atoms with Crippen LogP contribution in [0, 0.1) is 0 Å². The van der Waals surface area contributed by atoms with Crippen LogP contribution in [0.3, 0.4) is 0 Å². The highest BCUT2D eigenvalue weighted by Crippen LogP contribution is 2.19. The van der Waals surface area contributed by atoms with Crippen molar-refractivity contribution in [3.05, 3.63) is 15.5 Å². The summed E-state index contributed by atoms with van der Waals surface area (Å²) in [6, 6.07) is 0. The van der Waals surface area contributed by atoms with Crippen LogP contribution in [0.25, 0.3) is 0 Å². The molecule has 0 aliphatic heterocycles. The highest BCUT2D eigenvalue weighted by atomic mass is 35.5. The lowest BCUT2D eigenvalue weighted by molar-refractivity contribution is 0.680. The van der Waals surface area contributed by atoms with E-state index in [9.17, 15) is 4.21 Å². The van der Waals surface area contributed by atoms with Gasteiger partial charge >= 0.3 is 0 Å². The molecule has 0 fully saturated rings. The van der Waals surface area contributed by atoms with Crippen molar-refractivity contribution in [2.24, 2.45) is 4.36 Å². The van der Waals surface area contributed by atoms with E-state index in [1.807, 2.05) is 0 Å². The van der Waals surface area contributed by atoms with E-state index in [0.717, 1.165) is 4.88 Å². The molecule has 0 spiro atoms. The van der Waals surface area contributed by atoms with Crippen molar-refractivity contribution >= 4 is 32.7 Å². The van der Waals surface area contributed by atoms with Crippen LogP contribution in [0.1, 0.15) is 4.88 Å². The third-order valence-corrected chi connectivity index (χ3v) is 4.24. The molecule has 1 unspecified atom stereocenters. The first-order valence-corrected chi connectivity index (χ1v) is 6.50. The van der Waals surface area contributed by atoms with Crippen LogP contribution in [0.4, 0.5) is 0 Å². The zero-order valence-corrected chi connectivity index (χ0v) is 9.17. The van der Waals surface area contributed by atoms with Crippen LogP contribution in [-0.4, -0.2) is 22.5 Å². The minimum Gasteiger partial charge on any atom is -0.250 e. The monoisotopic (exact) mass is 224 g/mol. The Labute approximate surface area is 81.0 Å². The molecule has 0 saturated heterocycles. The second-order valence-electron chi connectivity index (χ2n) is 2.37. The molecule has 0 bridgehead atoms. The Morgan fingerprint density at radius 1 is 1.83 bits per heavy atom. The molecule has 1 atom stereocenters. The molecule has 68 valence electrons. The molecular weight excluding hydrogens is 216 g/mol. The molecule has 0 radical (unpaired) electrons. The summed E-state index contributed by atoms with van der Waals surface area (Å²) in [6.07, 6.45) is 3.27. The van der Waals surface area contributed by atoms with Crippen LogP contribution >= 0.6 is 22.9 Å². The molecule has 6 heteroatoms. The highest BCUT2D eigenvalue weighted by molar-refractivity contribution is 7.92. The quantitative estimate of drug-likeness (QED) is 0.772. The second kappa shape index (κ2) is 3.72. The lowest BCUT2D eigenvalue weighted by Gasteiger charge is -1.97. The van der Waals surface area contributed by atoms with Gasteiger partial charge in [-0.15, -0.1) is 11.3 Å². The molecule has 12 heavy (non-hydrogen) atoms. The first kappa shape index (κ1) is 9.95. The predicted octanol–water partition coefficient (Wildman–Crippen LogP) is 2.02. The van der Waals surface area contributed by atoms with Gasteiger partial charge in [0, 0.05) is 34.1 Å². The Balaban J connectivity index is 2.85. The van der Waals surface area contributed by atoms with Crippen LogP contribution in [0.2, 0.25) is 4.47 Å². The molecule has 1 rings (SSSR count). The minimum atomic E-state index is -2.07. The molecule has 0 aliphatic carbocycles. The van der Waals surface area contributed by atoms with Crippen molar-refractivity contribution in [2.45, 2.75) is 5.75 Å². The van der Waals surface area contributed by atoms with E-state index in [-0.39, 0.29) is 0 Å². The van der Waals surface area contributed by atoms with Gasteiger partial charge in [-0.25, -0.2) is 13.6 Å². The fourth-order valence-corrected chi connectivity index (χ4v) is 3.08. The van der Waals surface area contributed by atoms with E-state index in [1.165, 1.54) is 11.3 Å². The van der Waals surface area contributed by atoms with Gasteiger partial charge in [-0.05, 0) is 0 Å². The van der Waals surface area contributed by atoms with Crippen LogP contribution in [-0.2, 0) is 15.5 Å². The van der Waals surface area contributed by atoms with Crippen molar-refractivity contribution < 1.29 is 4.21 Å². The van der Waals surface area contributed by atoms with E-state index >= 15 is 0 Å². The van der Waals surface area contributed by atoms with Gasteiger partial charge in [-0.2, -0.15) is 0 Å². The molecule has 3 nitrogen and oxygen atoms in total. The van der Waals surface area contributed by atoms with Crippen molar-refractivity contribution in [3.63, 3.8) is 0 Å². The summed E-state index contributed by atoms with van der Waals surface area (Å²) in [4.78, 5) is 4.77. The van der Waals surface area contributed by atoms with Gasteiger partial charge < -0.3 is 0 Å².